The van der Waals surface area contributed by atoms with Gasteiger partial charge in [0.05, 0.1) is 5.52 Å². The fraction of sp³-hybridized carbons (Fsp3) is 0.188. The standard InChI is InChI=1S/C16H16N2O/c1-4-9-18-10-11(2)16-12-5-8-15(19)17(3)13(12)6-7-14(16)18/h4-8,10H,1,9H2,2-3H3. The van der Waals surface area contributed by atoms with Gasteiger partial charge >= 0.3 is 0 Å². The van der Waals surface area contributed by atoms with Gasteiger partial charge in [-0.3, -0.25) is 4.79 Å². The minimum Gasteiger partial charge on any atom is -0.343 e. The number of aromatic nitrogens is 2. The van der Waals surface area contributed by atoms with E-state index in [1.165, 1.54) is 16.5 Å². The SMILES string of the molecule is C=CCn1cc(C)c2c3ccc(=O)n(C)c3ccc21. The minimum atomic E-state index is 0.0232. The lowest BCUT2D eigenvalue weighted by Crippen LogP contribution is -2.14. The molecule has 3 nitrogen and oxygen atoms in total. The first-order valence-corrected chi connectivity index (χ1v) is 6.32. The fourth-order valence-corrected chi connectivity index (χ4v) is 2.76. The van der Waals surface area contributed by atoms with Gasteiger partial charge < -0.3 is 9.13 Å². The molecule has 0 aliphatic heterocycles. The lowest BCUT2D eigenvalue weighted by Gasteiger charge is -2.07. The molecule has 0 spiro atoms. The monoisotopic (exact) mass is 252 g/mol. The molecule has 0 aliphatic carbocycles. The molecule has 0 aliphatic rings. The van der Waals surface area contributed by atoms with Gasteiger partial charge in [-0.15, -0.1) is 6.58 Å². The zero-order valence-corrected chi connectivity index (χ0v) is 11.2. The first-order valence-electron chi connectivity index (χ1n) is 6.32. The smallest absolute Gasteiger partial charge is 0.250 e. The molecule has 0 fully saturated rings. The number of benzene rings is 1. The molecular formula is C16H16N2O. The molecule has 3 rings (SSSR count). The van der Waals surface area contributed by atoms with Gasteiger partial charge in [0.2, 0.25) is 0 Å². The topological polar surface area (TPSA) is 26.9 Å². The van der Waals surface area contributed by atoms with Gasteiger partial charge in [-0.25, -0.2) is 0 Å². The molecule has 0 unspecified atom stereocenters. The molecule has 0 radical (unpaired) electrons. The lowest BCUT2D eigenvalue weighted by atomic mass is 10.1. The Bertz CT molecular complexity index is 852. The van der Waals surface area contributed by atoms with Crippen molar-refractivity contribution >= 4 is 21.8 Å². The third kappa shape index (κ3) is 1.62. The van der Waals surface area contributed by atoms with E-state index in [0.717, 1.165) is 17.4 Å². The van der Waals surface area contributed by atoms with Crippen LogP contribution < -0.4 is 5.56 Å². The molecule has 2 aromatic heterocycles. The fourth-order valence-electron chi connectivity index (χ4n) is 2.76. The summed E-state index contributed by atoms with van der Waals surface area (Å²) in [6.07, 6.45) is 4.03. The van der Waals surface area contributed by atoms with Crippen LogP contribution in [0.2, 0.25) is 0 Å². The van der Waals surface area contributed by atoms with E-state index in [2.05, 4.69) is 30.3 Å². The highest BCUT2D eigenvalue weighted by Crippen LogP contribution is 2.28. The second kappa shape index (κ2) is 4.12. The van der Waals surface area contributed by atoms with Crippen LogP contribution in [0.4, 0.5) is 0 Å². The van der Waals surface area contributed by atoms with E-state index in [1.807, 2.05) is 25.3 Å². The number of pyridine rings is 1. The van der Waals surface area contributed by atoms with Crippen molar-refractivity contribution in [3.63, 3.8) is 0 Å². The summed E-state index contributed by atoms with van der Waals surface area (Å²) in [5, 5.41) is 2.34. The van der Waals surface area contributed by atoms with Crippen molar-refractivity contribution in [3.05, 3.63) is 59.0 Å². The van der Waals surface area contributed by atoms with Crippen LogP contribution in [0.25, 0.3) is 21.8 Å². The Morgan fingerprint density at radius 2 is 1.95 bits per heavy atom. The molecule has 1 aromatic carbocycles. The van der Waals surface area contributed by atoms with Crippen LogP contribution in [-0.4, -0.2) is 9.13 Å². The Hall–Kier alpha value is -2.29. The molecule has 19 heavy (non-hydrogen) atoms. The van der Waals surface area contributed by atoms with Crippen molar-refractivity contribution in [1.82, 2.24) is 9.13 Å². The average molecular weight is 252 g/mol. The maximum atomic E-state index is 11.7. The predicted octanol–water partition coefficient (Wildman–Crippen LogP) is 2.99. The summed E-state index contributed by atoms with van der Waals surface area (Å²) in [6.45, 7) is 6.69. The zero-order chi connectivity index (χ0) is 13.6. The molecule has 0 amide bonds. The molecule has 3 aromatic rings. The maximum absolute atomic E-state index is 11.7. The molecular weight excluding hydrogens is 236 g/mol. The summed E-state index contributed by atoms with van der Waals surface area (Å²) in [5.74, 6) is 0. The van der Waals surface area contributed by atoms with Gasteiger partial charge in [0.15, 0.2) is 0 Å². The third-order valence-electron chi connectivity index (χ3n) is 3.66. The predicted molar refractivity (Wildman–Crippen MR) is 79.6 cm³/mol. The molecule has 0 N–H and O–H groups in total. The van der Waals surface area contributed by atoms with E-state index in [4.69, 9.17) is 0 Å². The van der Waals surface area contributed by atoms with E-state index >= 15 is 0 Å². The summed E-state index contributed by atoms with van der Waals surface area (Å²) in [7, 11) is 1.81. The number of allylic oxidation sites excluding steroid dienone is 1. The van der Waals surface area contributed by atoms with Crippen LogP contribution in [0.15, 0.2) is 47.9 Å². The van der Waals surface area contributed by atoms with Crippen molar-refractivity contribution in [2.75, 3.05) is 0 Å². The highest BCUT2D eigenvalue weighted by molar-refractivity contribution is 6.07. The van der Waals surface area contributed by atoms with E-state index in [9.17, 15) is 4.79 Å². The second-order valence-corrected chi connectivity index (χ2v) is 4.88. The quantitative estimate of drug-likeness (QED) is 0.644. The number of aryl methyl sites for hydroxylation is 2. The highest BCUT2D eigenvalue weighted by Gasteiger charge is 2.10. The Kier molecular flexibility index (Phi) is 2.56. The number of fused-ring (bicyclic) bond motifs is 3. The molecule has 0 atom stereocenters. The summed E-state index contributed by atoms with van der Waals surface area (Å²) < 4.78 is 3.88. The number of rotatable bonds is 2. The van der Waals surface area contributed by atoms with Gasteiger partial charge in [0.25, 0.3) is 5.56 Å². The van der Waals surface area contributed by atoms with Crippen LogP contribution in [0.3, 0.4) is 0 Å². The van der Waals surface area contributed by atoms with E-state index in [-0.39, 0.29) is 5.56 Å². The van der Waals surface area contributed by atoms with Crippen molar-refractivity contribution in [3.8, 4) is 0 Å². The van der Waals surface area contributed by atoms with Gasteiger partial charge in [-0.1, -0.05) is 6.08 Å². The van der Waals surface area contributed by atoms with Crippen molar-refractivity contribution in [1.29, 1.82) is 0 Å². The number of hydrogen-bond acceptors (Lipinski definition) is 1. The molecule has 3 heteroatoms. The van der Waals surface area contributed by atoms with Crippen LogP contribution in [0.5, 0.6) is 0 Å². The van der Waals surface area contributed by atoms with Gasteiger partial charge in [-0.05, 0) is 30.7 Å². The first kappa shape index (κ1) is 11.8. The summed E-state index contributed by atoms with van der Waals surface area (Å²) in [4.78, 5) is 11.7. The van der Waals surface area contributed by atoms with Crippen LogP contribution in [0.1, 0.15) is 5.56 Å². The first-order chi connectivity index (χ1) is 9.13. The minimum absolute atomic E-state index is 0.0232. The van der Waals surface area contributed by atoms with Crippen LogP contribution in [-0.2, 0) is 13.6 Å². The Labute approximate surface area is 111 Å². The van der Waals surface area contributed by atoms with Gasteiger partial charge in [0.1, 0.15) is 0 Å². The third-order valence-corrected chi connectivity index (χ3v) is 3.66. The van der Waals surface area contributed by atoms with Gasteiger partial charge in [-0.2, -0.15) is 0 Å². The Balaban J connectivity index is 2.51. The van der Waals surface area contributed by atoms with Crippen LogP contribution >= 0.6 is 0 Å². The molecule has 0 bridgehead atoms. The van der Waals surface area contributed by atoms with Crippen LogP contribution in [0, 0.1) is 6.92 Å². The van der Waals surface area contributed by atoms with Crippen molar-refractivity contribution < 1.29 is 0 Å². The Morgan fingerprint density at radius 3 is 2.68 bits per heavy atom. The van der Waals surface area contributed by atoms with E-state index in [0.29, 0.717) is 0 Å². The molecule has 0 saturated carbocycles. The normalized spacial score (nSPS) is 11.3. The molecule has 2 heterocycles. The second-order valence-electron chi connectivity index (χ2n) is 4.88. The lowest BCUT2D eigenvalue weighted by molar-refractivity contribution is 0.862. The Morgan fingerprint density at radius 1 is 1.21 bits per heavy atom. The number of nitrogens with zero attached hydrogens (tertiary/aromatic N) is 2. The highest BCUT2D eigenvalue weighted by atomic mass is 16.1. The molecule has 0 saturated heterocycles. The van der Waals surface area contributed by atoms with Crippen molar-refractivity contribution in [2.45, 2.75) is 13.5 Å². The summed E-state index contributed by atoms with van der Waals surface area (Å²) >= 11 is 0. The zero-order valence-electron chi connectivity index (χ0n) is 11.2. The van der Waals surface area contributed by atoms with E-state index < -0.39 is 0 Å². The average Bonchev–Trinajstić information content (AvgIpc) is 2.71. The van der Waals surface area contributed by atoms with E-state index in [1.54, 1.807) is 10.6 Å². The summed E-state index contributed by atoms with van der Waals surface area (Å²) in [6, 6.07) is 7.64. The maximum Gasteiger partial charge on any atom is 0.250 e. The summed E-state index contributed by atoms with van der Waals surface area (Å²) in [5.41, 5.74) is 3.40. The van der Waals surface area contributed by atoms with Gasteiger partial charge in [0, 0.05) is 42.1 Å². The number of hydrogen-bond donors (Lipinski definition) is 0. The largest absolute Gasteiger partial charge is 0.343 e. The molecule has 96 valence electrons. The van der Waals surface area contributed by atoms with Crippen molar-refractivity contribution in [2.24, 2.45) is 7.05 Å².